The Balaban J connectivity index is 2.58. The van der Waals surface area contributed by atoms with Gasteiger partial charge in [0.25, 0.3) is 0 Å². The third-order valence-corrected chi connectivity index (χ3v) is 4.17. The average molecular weight is 251 g/mol. The summed E-state index contributed by atoms with van der Waals surface area (Å²) in [7, 11) is -8.88. The Morgan fingerprint density at radius 3 is 2.44 bits per heavy atom. The molecule has 0 atom stereocenters. The number of hydrogen-bond donors (Lipinski definition) is 0. The summed E-state index contributed by atoms with van der Waals surface area (Å²) < 4.78 is 57.1. The Morgan fingerprint density at radius 1 is 1.00 bits per heavy atom. The summed E-state index contributed by atoms with van der Waals surface area (Å²) in [6, 6.07) is 6.59. The van der Waals surface area contributed by atoms with E-state index in [2.05, 4.69) is 4.52 Å². The van der Waals surface area contributed by atoms with Crippen molar-refractivity contribution in [3.63, 3.8) is 0 Å². The van der Waals surface area contributed by atoms with Crippen LogP contribution in [0.5, 0.6) is 5.75 Å². The van der Waals surface area contributed by atoms with Gasteiger partial charge in [0.1, 0.15) is 0 Å². The predicted octanol–water partition coefficient (Wildman–Crippen LogP) is 3.82. The van der Waals surface area contributed by atoms with Gasteiger partial charge in [-0.1, -0.05) is 0 Å². The van der Waals surface area contributed by atoms with E-state index >= 15 is 0 Å². The first kappa shape index (κ1) is 9.78. The number of benzene rings is 1. The minimum atomic E-state index is -8.88. The summed E-state index contributed by atoms with van der Waals surface area (Å²) in [5, 5.41) is 0.290. The van der Waals surface area contributed by atoms with E-state index in [0.29, 0.717) is 6.20 Å². The molecule has 0 saturated carbocycles. The van der Waals surface area contributed by atoms with E-state index in [4.69, 9.17) is 0 Å². The van der Waals surface area contributed by atoms with Gasteiger partial charge in [0.15, 0.2) is 0 Å². The van der Waals surface area contributed by atoms with Crippen molar-refractivity contribution >= 4 is 18.5 Å². The molecule has 0 radical (unpaired) electrons. The molecule has 0 unspecified atom stereocenters. The topological polar surface area (TPSA) is 13.1 Å². The molecule has 3 rings (SSSR count). The molecule has 2 nitrogen and oxygen atoms in total. The quantitative estimate of drug-likeness (QED) is 0.512. The predicted molar refractivity (Wildman–Crippen MR) is 51.5 cm³/mol. The number of aromatic nitrogens is 1. The molecule has 0 bridgehead atoms. The molecule has 0 N–H and O–H groups in total. The van der Waals surface area contributed by atoms with Gasteiger partial charge in [-0.3, -0.25) is 0 Å². The van der Waals surface area contributed by atoms with E-state index in [1.807, 2.05) is 0 Å². The van der Waals surface area contributed by atoms with Crippen molar-refractivity contribution in [2.75, 3.05) is 0 Å². The first-order valence-corrected chi connectivity index (χ1v) is 6.56. The van der Waals surface area contributed by atoms with Crippen molar-refractivity contribution in [2.45, 2.75) is 0 Å². The van der Waals surface area contributed by atoms with Crippen LogP contribution in [0.15, 0.2) is 36.5 Å². The molecule has 86 valence electrons. The van der Waals surface area contributed by atoms with Crippen LogP contribution >= 0.6 is 7.56 Å². The molecule has 0 saturated heterocycles. The van der Waals surface area contributed by atoms with Crippen LogP contribution in [0.2, 0.25) is 0 Å². The normalized spacial score (nSPS) is 27.2. The Bertz CT molecular complexity index is 630. The molecule has 1 aliphatic rings. The third kappa shape index (κ3) is 1.08. The van der Waals surface area contributed by atoms with Crippen molar-refractivity contribution < 1.29 is 25.6 Å². The van der Waals surface area contributed by atoms with Gasteiger partial charge in [0.2, 0.25) is 0 Å². The van der Waals surface area contributed by atoms with E-state index < -0.39 is 13.3 Å². The Kier molecular flexibility index (Phi) is 1.24. The summed E-state index contributed by atoms with van der Waals surface area (Å²) in [6.07, 6.45) is 0.648. The molecule has 0 spiro atoms. The van der Waals surface area contributed by atoms with Gasteiger partial charge in [-0.2, -0.15) is 0 Å². The van der Waals surface area contributed by atoms with Crippen molar-refractivity contribution in [2.24, 2.45) is 0 Å². The monoisotopic (exact) mass is 251 g/mol. The van der Waals surface area contributed by atoms with Crippen LogP contribution in [0.1, 0.15) is 0 Å². The standard InChI is InChI=1S/C9H6F4NOP/c10-16(11,12,13)14-6-2-4-7-3-1-5-8(15-16)9(7)14/h1-6H. The number of nitrogens with zero attached hydrogens (tertiary/aromatic N) is 1. The Labute approximate surface area is 87.2 Å². The van der Waals surface area contributed by atoms with Gasteiger partial charge >= 0.3 is 86.4 Å². The van der Waals surface area contributed by atoms with E-state index in [1.165, 1.54) is 18.2 Å². The maximum atomic E-state index is 13.4. The molecular formula is C9H6F4NOP. The zero-order chi connectivity index (χ0) is 11.7. The molecule has 2 heterocycles. The molecule has 1 aromatic heterocycles. The molecular weight excluding hydrogens is 245 g/mol. The Morgan fingerprint density at radius 2 is 1.69 bits per heavy atom. The van der Waals surface area contributed by atoms with Gasteiger partial charge < -0.3 is 0 Å². The third-order valence-electron chi connectivity index (χ3n) is 2.45. The van der Waals surface area contributed by atoms with Crippen LogP contribution in [0.25, 0.3) is 10.9 Å². The molecule has 1 aromatic carbocycles. The molecule has 16 heavy (non-hydrogen) atoms. The van der Waals surface area contributed by atoms with E-state index in [0.717, 1.165) is 12.1 Å². The SMILES string of the molecule is F[P-]1(F)(F)(F)Oc2cccc3ccc[n+]1c23. The number of halogens is 4. The zero-order valence-corrected chi connectivity index (χ0v) is 8.67. The molecule has 7 heteroatoms. The van der Waals surface area contributed by atoms with Crippen LogP contribution in [-0.4, -0.2) is 0 Å². The summed E-state index contributed by atoms with van der Waals surface area (Å²) in [5.41, 5.74) is -0.268. The van der Waals surface area contributed by atoms with Crippen molar-refractivity contribution in [3.8, 4) is 5.75 Å². The van der Waals surface area contributed by atoms with E-state index in [-0.39, 0.29) is 15.2 Å². The fraction of sp³-hybridized carbons (Fsp3) is 0. The van der Waals surface area contributed by atoms with Gasteiger partial charge in [-0.15, -0.1) is 0 Å². The molecule has 0 fully saturated rings. The molecule has 0 amide bonds. The van der Waals surface area contributed by atoms with Crippen molar-refractivity contribution in [3.05, 3.63) is 36.5 Å². The van der Waals surface area contributed by atoms with Crippen LogP contribution in [0, 0.1) is 0 Å². The molecule has 1 aliphatic heterocycles. The van der Waals surface area contributed by atoms with Crippen LogP contribution in [0.3, 0.4) is 0 Å². The van der Waals surface area contributed by atoms with E-state index in [9.17, 15) is 16.8 Å². The summed E-state index contributed by atoms with van der Waals surface area (Å²) >= 11 is 0. The molecule has 0 aliphatic carbocycles. The van der Waals surface area contributed by atoms with Crippen LogP contribution in [-0.2, 0) is 0 Å². The summed E-state index contributed by atoms with van der Waals surface area (Å²) in [4.78, 5) is 0. The van der Waals surface area contributed by atoms with Gasteiger partial charge in [-0.25, -0.2) is 0 Å². The zero-order valence-electron chi connectivity index (χ0n) is 7.78. The minimum absolute atomic E-state index is 0.268. The Hall–Kier alpha value is -1.42. The average Bonchev–Trinajstić information content (AvgIpc) is 2.33. The summed E-state index contributed by atoms with van der Waals surface area (Å²) in [6.45, 7) is 0. The maximum absolute atomic E-state index is 13.4. The second-order valence-electron chi connectivity index (χ2n) is 3.68. The summed E-state index contributed by atoms with van der Waals surface area (Å²) in [5.74, 6) is -0.483. The van der Waals surface area contributed by atoms with Crippen LogP contribution in [0.4, 0.5) is 16.8 Å². The second kappa shape index (κ2) is 2.02. The van der Waals surface area contributed by atoms with Crippen molar-refractivity contribution in [1.82, 2.24) is 0 Å². The number of hydrogen-bond acceptors (Lipinski definition) is 1. The number of rotatable bonds is 0. The van der Waals surface area contributed by atoms with Crippen LogP contribution < -0.4 is 8.86 Å². The first-order valence-electron chi connectivity index (χ1n) is 4.44. The first-order chi connectivity index (χ1) is 7.20. The van der Waals surface area contributed by atoms with Gasteiger partial charge in [-0.05, 0) is 0 Å². The van der Waals surface area contributed by atoms with E-state index in [1.54, 1.807) is 0 Å². The number of para-hydroxylation sites is 1. The second-order valence-corrected chi connectivity index (χ2v) is 6.38. The fourth-order valence-electron chi connectivity index (χ4n) is 1.85. The van der Waals surface area contributed by atoms with Gasteiger partial charge in [0, 0.05) is 0 Å². The van der Waals surface area contributed by atoms with Crippen molar-refractivity contribution in [1.29, 1.82) is 0 Å². The molecule has 2 aromatic rings. The number of pyridine rings is 1. The fourth-order valence-corrected chi connectivity index (χ4v) is 3.40. The van der Waals surface area contributed by atoms with Gasteiger partial charge in [0.05, 0.1) is 0 Å².